The standard InChI is InChI=1S/C18H24N2OS2/c1-20(2)16(15-4-3-10-22-15)13-7-5-12(6-8-13)14-9-11-23-17(14)18(19)21/h3-4,9-13,16H,5-8H2,1-2H3,(H2,19,21). The number of carbonyl (C=O) groups excluding carboxylic acids is 1. The average molecular weight is 349 g/mol. The van der Waals surface area contributed by atoms with Gasteiger partial charge in [0.2, 0.25) is 0 Å². The number of carbonyl (C=O) groups is 1. The van der Waals surface area contributed by atoms with Gasteiger partial charge < -0.3 is 10.6 Å². The van der Waals surface area contributed by atoms with Crippen LogP contribution in [0.4, 0.5) is 0 Å². The number of amides is 1. The summed E-state index contributed by atoms with van der Waals surface area (Å²) >= 11 is 3.34. The molecule has 1 aliphatic rings. The topological polar surface area (TPSA) is 46.3 Å². The maximum absolute atomic E-state index is 11.6. The van der Waals surface area contributed by atoms with Crippen molar-refractivity contribution < 1.29 is 4.79 Å². The summed E-state index contributed by atoms with van der Waals surface area (Å²) in [6.07, 6.45) is 4.72. The molecule has 0 spiro atoms. The van der Waals surface area contributed by atoms with E-state index in [1.165, 1.54) is 34.6 Å². The van der Waals surface area contributed by atoms with Crippen LogP contribution < -0.4 is 5.73 Å². The van der Waals surface area contributed by atoms with Crippen molar-refractivity contribution in [1.29, 1.82) is 0 Å². The number of nitrogens with two attached hydrogens (primary N) is 1. The van der Waals surface area contributed by atoms with Gasteiger partial charge in [-0.15, -0.1) is 22.7 Å². The van der Waals surface area contributed by atoms with Crippen LogP contribution >= 0.6 is 22.7 Å². The lowest BCUT2D eigenvalue weighted by molar-refractivity contribution is 0.100. The molecule has 2 heterocycles. The van der Waals surface area contributed by atoms with Crippen molar-refractivity contribution in [1.82, 2.24) is 4.90 Å². The molecule has 1 unspecified atom stereocenters. The number of rotatable bonds is 5. The molecular formula is C18H24N2OS2. The molecule has 5 heteroatoms. The van der Waals surface area contributed by atoms with E-state index in [0.717, 1.165) is 17.7 Å². The molecule has 23 heavy (non-hydrogen) atoms. The first-order valence-corrected chi connectivity index (χ1v) is 9.91. The number of thiophene rings is 2. The Balaban J connectivity index is 1.70. The van der Waals surface area contributed by atoms with Crippen molar-refractivity contribution in [2.24, 2.45) is 11.7 Å². The normalized spacial score (nSPS) is 23.1. The first-order valence-electron chi connectivity index (χ1n) is 8.15. The van der Waals surface area contributed by atoms with E-state index in [-0.39, 0.29) is 5.91 Å². The van der Waals surface area contributed by atoms with Crippen LogP contribution in [0.1, 0.15) is 57.8 Å². The second-order valence-corrected chi connectivity index (χ2v) is 8.50. The first kappa shape index (κ1) is 16.7. The second-order valence-electron chi connectivity index (χ2n) is 6.60. The average Bonchev–Trinajstić information content (AvgIpc) is 3.19. The second kappa shape index (κ2) is 7.16. The van der Waals surface area contributed by atoms with Gasteiger partial charge in [-0.25, -0.2) is 0 Å². The Hall–Kier alpha value is -1.17. The van der Waals surface area contributed by atoms with E-state index in [4.69, 9.17) is 5.73 Å². The van der Waals surface area contributed by atoms with E-state index >= 15 is 0 Å². The summed E-state index contributed by atoms with van der Waals surface area (Å²) in [6.45, 7) is 0. The van der Waals surface area contributed by atoms with Gasteiger partial charge in [0.25, 0.3) is 5.91 Å². The third-order valence-corrected chi connectivity index (χ3v) is 6.86. The van der Waals surface area contributed by atoms with Crippen molar-refractivity contribution in [2.45, 2.75) is 37.6 Å². The van der Waals surface area contributed by atoms with Crippen LogP contribution in [0.3, 0.4) is 0 Å². The lowest BCUT2D eigenvalue weighted by atomic mass is 9.75. The number of hydrogen-bond donors (Lipinski definition) is 1. The number of primary amides is 1. The van der Waals surface area contributed by atoms with E-state index in [0.29, 0.717) is 17.9 Å². The van der Waals surface area contributed by atoms with Gasteiger partial charge in [0.15, 0.2) is 0 Å². The molecule has 0 radical (unpaired) electrons. The smallest absolute Gasteiger partial charge is 0.259 e. The zero-order chi connectivity index (χ0) is 16.4. The molecule has 1 atom stereocenters. The van der Waals surface area contributed by atoms with Gasteiger partial charge in [0.1, 0.15) is 0 Å². The summed E-state index contributed by atoms with van der Waals surface area (Å²) in [7, 11) is 4.36. The minimum Gasteiger partial charge on any atom is -0.365 e. The molecule has 0 bridgehead atoms. The third-order valence-electron chi connectivity index (χ3n) is 4.97. The minimum atomic E-state index is -0.276. The summed E-state index contributed by atoms with van der Waals surface area (Å²) in [5, 5.41) is 4.16. The molecule has 3 rings (SSSR count). The highest BCUT2D eigenvalue weighted by atomic mass is 32.1. The largest absolute Gasteiger partial charge is 0.365 e. The highest BCUT2D eigenvalue weighted by Gasteiger charge is 2.32. The quantitative estimate of drug-likeness (QED) is 0.865. The fraction of sp³-hybridized carbons (Fsp3) is 0.500. The maximum Gasteiger partial charge on any atom is 0.259 e. The van der Waals surface area contributed by atoms with Gasteiger partial charge in [-0.1, -0.05) is 6.07 Å². The highest BCUT2D eigenvalue weighted by Crippen LogP contribution is 2.44. The molecule has 0 aromatic carbocycles. The summed E-state index contributed by atoms with van der Waals surface area (Å²) in [4.78, 5) is 16.2. The van der Waals surface area contributed by atoms with E-state index in [9.17, 15) is 4.79 Å². The van der Waals surface area contributed by atoms with Crippen LogP contribution in [-0.4, -0.2) is 24.9 Å². The fourth-order valence-electron chi connectivity index (χ4n) is 3.95. The molecule has 124 valence electrons. The molecule has 2 aromatic heterocycles. The summed E-state index contributed by atoms with van der Waals surface area (Å²) < 4.78 is 0. The lowest BCUT2D eigenvalue weighted by Gasteiger charge is -2.37. The van der Waals surface area contributed by atoms with E-state index < -0.39 is 0 Å². The third kappa shape index (κ3) is 3.52. The Labute approximate surface area is 146 Å². The summed E-state index contributed by atoms with van der Waals surface area (Å²) in [5.74, 6) is 0.906. The van der Waals surface area contributed by atoms with Crippen LogP contribution in [-0.2, 0) is 0 Å². The van der Waals surface area contributed by atoms with Crippen molar-refractivity contribution in [3.05, 3.63) is 44.3 Å². The number of hydrogen-bond acceptors (Lipinski definition) is 4. The van der Waals surface area contributed by atoms with Gasteiger partial charge in [0.05, 0.1) is 4.88 Å². The van der Waals surface area contributed by atoms with Gasteiger partial charge in [-0.2, -0.15) is 0 Å². The van der Waals surface area contributed by atoms with Crippen LogP contribution in [0.25, 0.3) is 0 Å². The van der Waals surface area contributed by atoms with Crippen molar-refractivity contribution >= 4 is 28.6 Å². The zero-order valence-electron chi connectivity index (χ0n) is 13.7. The predicted octanol–water partition coefficient (Wildman–Crippen LogP) is 4.49. The molecule has 1 saturated carbocycles. The Morgan fingerprint density at radius 3 is 2.48 bits per heavy atom. The molecule has 2 N–H and O–H groups in total. The van der Waals surface area contributed by atoms with Crippen LogP contribution in [0.15, 0.2) is 29.0 Å². The maximum atomic E-state index is 11.6. The monoisotopic (exact) mass is 348 g/mol. The SMILES string of the molecule is CN(C)C(c1cccs1)C1CCC(c2ccsc2C(N)=O)CC1. The Bertz CT molecular complexity index is 640. The van der Waals surface area contributed by atoms with Crippen LogP contribution in [0, 0.1) is 5.92 Å². The zero-order valence-corrected chi connectivity index (χ0v) is 15.3. The van der Waals surface area contributed by atoms with Crippen molar-refractivity contribution in [3.63, 3.8) is 0 Å². The Morgan fingerprint density at radius 2 is 1.91 bits per heavy atom. The summed E-state index contributed by atoms with van der Waals surface area (Å²) in [5.41, 5.74) is 6.69. The molecule has 2 aromatic rings. The molecule has 0 aliphatic heterocycles. The van der Waals surface area contributed by atoms with Crippen LogP contribution in [0.2, 0.25) is 0 Å². The van der Waals surface area contributed by atoms with Gasteiger partial charge >= 0.3 is 0 Å². The van der Waals surface area contributed by atoms with Gasteiger partial charge in [0, 0.05) is 10.9 Å². The van der Waals surface area contributed by atoms with E-state index in [1.54, 1.807) is 0 Å². The highest BCUT2D eigenvalue weighted by molar-refractivity contribution is 7.12. The Kier molecular flexibility index (Phi) is 5.19. The summed E-state index contributed by atoms with van der Waals surface area (Å²) in [6, 6.07) is 7.00. The molecular weight excluding hydrogens is 324 g/mol. The van der Waals surface area contributed by atoms with E-state index in [2.05, 4.69) is 42.6 Å². The first-order chi connectivity index (χ1) is 11.1. The minimum absolute atomic E-state index is 0.276. The Morgan fingerprint density at radius 1 is 1.17 bits per heavy atom. The van der Waals surface area contributed by atoms with Crippen LogP contribution in [0.5, 0.6) is 0 Å². The molecule has 1 fully saturated rings. The predicted molar refractivity (Wildman–Crippen MR) is 98.3 cm³/mol. The molecule has 1 amide bonds. The molecule has 3 nitrogen and oxygen atoms in total. The lowest BCUT2D eigenvalue weighted by Crippen LogP contribution is -2.29. The van der Waals surface area contributed by atoms with Crippen molar-refractivity contribution in [3.8, 4) is 0 Å². The van der Waals surface area contributed by atoms with E-state index in [1.807, 2.05) is 16.7 Å². The molecule has 1 aliphatic carbocycles. The van der Waals surface area contributed by atoms with Gasteiger partial charge in [-0.3, -0.25) is 4.79 Å². The van der Waals surface area contributed by atoms with Crippen molar-refractivity contribution in [2.75, 3.05) is 14.1 Å². The van der Waals surface area contributed by atoms with Gasteiger partial charge in [-0.05, 0) is 80.1 Å². The fourth-order valence-corrected chi connectivity index (χ4v) is 5.81. The number of nitrogens with zero attached hydrogens (tertiary/aromatic N) is 1. The molecule has 0 saturated heterocycles.